The first-order chi connectivity index (χ1) is 5.15. The van der Waals surface area contributed by atoms with Crippen molar-refractivity contribution in [3.05, 3.63) is 0 Å². The van der Waals surface area contributed by atoms with Gasteiger partial charge in [-0.1, -0.05) is 5.92 Å². The molecule has 0 amide bonds. The van der Waals surface area contributed by atoms with Gasteiger partial charge in [0.15, 0.2) is 6.29 Å². The maximum absolute atomic E-state index is 9.12. The Bertz CT molecular complexity index is 174. The standard InChI is InChI=1S/C7H10O4/c1-2-4(8)7-5(9)3-6(10)11-7/h1,4-10H,3H2/t4-,5+,6+,7-/m1/s1. The zero-order valence-corrected chi connectivity index (χ0v) is 5.84. The molecule has 1 heterocycles. The average Bonchev–Trinajstić information content (AvgIpc) is 2.28. The predicted octanol–water partition coefficient (Wildman–Crippen LogP) is -1.55. The minimum Gasteiger partial charge on any atom is -0.390 e. The summed E-state index contributed by atoms with van der Waals surface area (Å²) in [6, 6.07) is 0. The molecule has 1 aliphatic heterocycles. The van der Waals surface area contributed by atoms with Gasteiger partial charge in [0.1, 0.15) is 12.2 Å². The van der Waals surface area contributed by atoms with Gasteiger partial charge in [-0.2, -0.15) is 0 Å². The van der Waals surface area contributed by atoms with E-state index in [9.17, 15) is 0 Å². The first kappa shape index (κ1) is 8.50. The predicted molar refractivity (Wildman–Crippen MR) is 36.3 cm³/mol. The molecule has 11 heavy (non-hydrogen) atoms. The van der Waals surface area contributed by atoms with Crippen molar-refractivity contribution in [3.8, 4) is 12.3 Å². The molecule has 1 fully saturated rings. The SMILES string of the molecule is C#C[C@@H](O)[C@H]1O[C@H](O)C[C@@H]1O. The lowest BCUT2D eigenvalue weighted by molar-refractivity contribution is -0.119. The summed E-state index contributed by atoms with van der Waals surface area (Å²) in [6.07, 6.45) is 1.09. The zero-order chi connectivity index (χ0) is 8.43. The largest absolute Gasteiger partial charge is 0.390 e. The molecule has 0 unspecified atom stereocenters. The summed E-state index contributed by atoms with van der Waals surface area (Å²) in [5.41, 5.74) is 0. The lowest BCUT2D eigenvalue weighted by Gasteiger charge is -2.15. The van der Waals surface area contributed by atoms with Crippen LogP contribution in [-0.2, 0) is 4.74 Å². The minimum atomic E-state index is -1.15. The molecule has 4 atom stereocenters. The number of ether oxygens (including phenoxy) is 1. The van der Waals surface area contributed by atoms with Gasteiger partial charge in [-0.05, 0) is 0 Å². The number of rotatable bonds is 1. The van der Waals surface area contributed by atoms with E-state index in [2.05, 4.69) is 0 Å². The number of aliphatic hydroxyl groups excluding tert-OH is 3. The molecule has 4 heteroatoms. The summed E-state index contributed by atoms with van der Waals surface area (Å²) < 4.78 is 4.74. The van der Waals surface area contributed by atoms with Crippen LogP contribution in [0, 0.1) is 12.3 Å². The fourth-order valence-electron chi connectivity index (χ4n) is 1.05. The highest BCUT2D eigenvalue weighted by molar-refractivity contribution is 5.01. The van der Waals surface area contributed by atoms with E-state index in [1.807, 2.05) is 5.92 Å². The fourth-order valence-corrected chi connectivity index (χ4v) is 1.05. The number of hydrogen-bond acceptors (Lipinski definition) is 4. The van der Waals surface area contributed by atoms with Crippen LogP contribution in [0.1, 0.15) is 6.42 Å². The van der Waals surface area contributed by atoms with Gasteiger partial charge in [0.05, 0.1) is 6.10 Å². The molecular formula is C7H10O4. The van der Waals surface area contributed by atoms with Crippen LogP contribution >= 0.6 is 0 Å². The Balaban J connectivity index is 2.54. The second kappa shape index (κ2) is 3.20. The Morgan fingerprint density at radius 3 is 2.55 bits per heavy atom. The highest BCUT2D eigenvalue weighted by Crippen LogP contribution is 2.20. The highest BCUT2D eigenvalue weighted by atomic mass is 16.6. The molecule has 0 bridgehead atoms. The Morgan fingerprint density at radius 2 is 2.18 bits per heavy atom. The van der Waals surface area contributed by atoms with Crippen molar-refractivity contribution in [1.29, 1.82) is 0 Å². The van der Waals surface area contributed by atoms with Crippen LogP contribution in [0.5, 0.6) is 0 Å². The molecule has 0 aromatic rings. The third kappa shape index (κ3) is 1.70. The molecule has 0 aromatic carbocycles. The number of aliphatic hydroxyl groups is 3. The van der Waals surface area contributed by atoms with Gasteiger partial charge in [-0.15, -0.1) is 6.42 Å². The smallest absolute Gasteiger partial charge is 0.157 e. The van der Waals surface area contributed by atoms with Crippen molar-refractivity contribution in [1.82, 2.24) is 0 Å². The van der Waals surface area contributed by atoms with Crippen molar-refractivity contribution >= 4 is 0 Å². The van der Waals surface area contributed by atoms with E-state index < -0.39 is 24.6 Å². The van der Waals surface area contributed by atoms with Crippen LogP contribution in [0.25, 0.3) is 0 Å². The van der Waals surface area contributed by atoms with Gasteiger partial charge in [0.2, 0.25) is 0 Å². The summed E-state index contributed by atoms with van der Waals surface area (Å²) in [6.45, 7) is 0. The quantitative estimate of drug-likeness (QED) is 0.404. The summed E-state index contributed by atoms with van der Waals surface area (Å²) in [7, 11) is 0. The number of terminal acetylenes is 1. The van der Waals surface area contributed by atoms with Gasteiger partial charge < -0.3 is 20.1 Å². The van der Waals surface area contributed by atoms with Crippen LogP contribution in [0.2, 0.25) is 0 Å². The van der Waals surface area contributed by atoms with Crippen molar-refractivity contribution in [2.24, 2.45) is 0 Å². The molecule has 1 aliphatic rings. The molecule has 0 saturated carbocycles. The molecular weight excluding hydrogens is 148 g/mol. The molecule has 4 nitrogen and oxygen atoms in total. The first-order valence-electron chi connectivity index (χ1n) is 3.31. The Hall–Kier alpha value is -0.600. The van der Waals surface area contributed by atoms with Crippen molar-refractivity contribution < 1.29 is 20.1 Å². The van der Waals surface area contributed by atoms with Crippen molar-refractivity contribution in [3.63, 3.8) is 0 Å². The normalized spacial score (nSPS) is 40.0. The Kier molecular flexibility index (Phi) is 2.47. The molecule has 3 N–H and O–H groups in total. The van der Waals surface area contributed by atoms with Gasteiger partial charge in [-0.25, -0.2) is 0 Å². The van der Waals surface area contributed by atoms with E-state index in [1.165, 1.54) is 0 Å². The Labute approximate surface area is 64.4 Å². The van der Waals surface area contributed by atoms with E-state index in [1.54, 1.807) is 0 Å². The maximum Gasteiger partial charge on any atom is 0.157 e. The molecule has 1 saturated heterocycles. The minimum absolute atomic E-state index is 0.101. The third-order valence-corrected chi connectivity index (χ3v) is 1.62. The van der Waals surface area contributed by atoms with Gasteiger partial charge in [0.25, 0.3) is 0 Å². The molecule has 62 valence electrons. The molecule has 0 aromatic heterocycles. The van der Waals surface area contributed by atoms with Crippen LogP contribution in [0.15, 0.2) is 0 Å². The molecule has 0 spiro atoms. The van der Waals surface area contributed by atoms with Gasteiger partial charge in [-0.3, -0.25) is 0 Å². The van der Waals surface area contributed by atoms with Crippen LogP contribution < -0.4 is 0 Å². The highest BCUT2D eigenvalue weighted by Gasteiger charge is 2.36. The summed E-state index contributed by atoms with van der Waals surface area (Å²) >= 11 is 0. The van der Waals surface area contributed by atoms with Crippen LogP contribution in [0.3, 0.4) is 0 Å². The van der Waals surface area contributed by atoms with E-state index >= 15 is 0 Å². The lowest BCUT2D eigenvalue weighted by Crippen LogP contribution is -2.33. The summed E-state index contributed by atoms with van der Waals surface area (Å²) in [5.74, 6) is 2.02. The molecule has 0 aliphatic carbocycles. The zero-order valence-electron chi connectivity index (χ0n) is 5.84. The number of hydrogen-bond donors (Lipinski definition) is 3. The fraction of sp³-hybridized carbons (Fsp3) is 0.714. The van der Waals surface area contributed by atoms with Gasteiger partial charge >= 0.3 is 0 Å². The lowest BCUT2D eigenvalue weighted by atomic mass is 10.1. The van der Waals surface area contributed by atoms with E-state index in [-0.39, 0.29) is 6.42 Å². The van der Waals surface area contributed by atoms with Crippen LogP contribution in [-0.4, -0.2) is 39.9 Å². The van der Waals surface area contributed by atoms with E-state index in [0.717, 1.165) is 0 Å². The maximum atomic E-state index is 9.12. The monoisotopic (exact) mass is 158 g/mol. The second-order valence-corrected chi connectivity index (χ2v) is 2.47. The molecule has 1 rings (SSSR count). The summed E-state index contributed by atoms with van der Waals surface area (Å²) in [5, 5.41) is 27.0. The second-order valence-electron chi connectivity index (χ2n) is 2.47. The third-order valence-electron chi connectivity index (χ3n) is 1.62. The summed E-state index contributed by atoms with van der Waals surface area (Å²) in [4.78, 5) is 0. The van der Waals surface area contributed by atoms with Gasteiger partial charge in [0, 0.05) is 6.42 Å². The Morgan fingerprint density at radius 1 is 1.55 bits per heavy atom. The molecule has 0 radical (unpaired) electrons. The van der Waals surface area contributed by atoms with E-state index in [0.29, 0.717) is 0 Å². The van der Waals surface area contributed by atoms with Crippen LogP contribution in [0.4, 0.5) is 0 Å². The first-order valence-corrected chi connectivity index (χ1v) is 3.31. The topological polar surface area (TPSA) is 69.9 Å². The van der Waals surface area contributed by atoms with Crippen molar-refractivity contribution in [2.45, 2.75) is 31.0 Å². The average molecular weight is 158 g/mol. The van der Waals surface area contributed by atoms with Crippen molar-refractivity contribution in [2.75, 3.05) is 0 Å². The van der Waals surface area contributed by atoms with E-state index in [4.69, 9.17) is 26.5 Å².